The lowest BCUT2D eigenvalue weighted by atomic mass is 10.1. The van der Waals surface area contributed by atoms with E-state index in [1.54, 1.807) is 19.1 Å². The van der Waals surface area contributed by atoms with Crippen LogP contribution in [0.4, 0.5) is 11.4 Å². The Hall–Kier alpha value is -1.62. The molecule has 0 aliphatic heterocycles. The first-order valence-electron chi connectivity index (χ1n) is 7.24. The van der Waals surface area contributed by atoms with E-state index in [1.165, 1.54) is 18.9 Å². The van der Waals surface area contributed by atoms with Crippen LogP contribution >= 0.6 is 0 Å². The van der Waals surface area contributed by atoms with E-state index in [0.29, 0.717) is 17.2 Å². The molecule has 110 valence electrons. The number of rotatable bonds is 7. The van der Waals surface area contributed by atoms with Crippen LogP contribution in [0.3, 0.4) is 0 Å². The molecular weight excluding hydrogens is 256 g/mol. The second kappa shape index (κ2) is 6.22. The fourth-order valence-corrected chi connectivity index (χ4v) is 2.41. The summed E-state index contributed by atoms with van der Waals surface area (Å²) in [6, 6.07) is 5.05. The van der Waals surface area contributed by atoms with Crippen molar-refractivity contribution < 1.29 is 10.0 Å². The second-order valence-corrected chi connectivity index (χ2v) is 5.57. The number of hydrogen-bond acceptors (Lipinski definition) is 4. The Morgan fingerprint density at radius 3 is 2.70 bits per heavy atom. The van der Waals surface area contributed by atoms with Crippen molar-refractivity contribution in [1.29, 1.82) is 0 Å². The maximum atomic E-state index is 11.3. The standard InChI is InChI=1S/C15H22N2O3/c1-3-8-16(10-12-4-5-12)14-7-6-13(11(2)18)9-15(14)17(19)20/h6-7,9,11-12,18H,3-5,8,10H2,1-2H3/t11-/m0/s1. The molecule has 0 radical (unpaired) electrons. The Morgan fingerprint density at radius 2 is 2.20 bits per heavy atom. The minimum Gasteiger partial charge on any atom is -0.389 e. The summed E-state index contributed by atoms with van der Waals surface area (Å²) >= 11 is 0. The van der Waals surface area contributed by atoms with Crippen LogP contribution in [0.1, 0.15) is 44.8 Å². The maximum absolute atomic E-state index is 11.3. The number of anilines is 1. The van der Waals surface area contributed by atoms with E-state index in [-0.39, 0.29) is 10.6 Å². The summed E-state index contributed by atoms with van der Waals surface area (Å²) in [6.45, 7) is 5.41. The maximum Gasteiger partial charge on any atom is 0.292 e. The minimum absolute atomic E-state index is 0.0949. The van der Waals surface area contributed by atoms with Crippen LogP contribution in [-0.2, 0) is 0 Å². The molecule has 1 aliphatic carbocycles. The number of nitrogens with zero attached hydrogens (tertiary/aromatic N) is 2. The molecule has 1 atom stereocenters. The molecule has 5 heteroatoms. The number of nitro groups is 1. The largest absolute Gasteiger partial charge is 0.389 e. The average Bonchev–Trinajstić information content (AvgIpc) is 3.21. The summed E-state index contributed by atoms with van der Waals surface area (Å²) in [5.74, 6) is 0.678. The monoisotopic (exact) mass is 278 g/mol. The number of aliphatic hydroxyl groups is 1. The summed E-state index contributed by atoms with van der Waals surface area (Å²) in [6.07, 6.45) is 2.72. The van der Waals surface area contributed by atoms with Gasteiger partial charge in [0.2, 0.25) is 0 Å². The van der Waals surface area contributed by atoms with E-state index in [4.69, 9.17) is 0 Å². The summed E-state index contributed by atoms with van der Waals surface area (Å²) in [5.41, 5.74) is 1.36. The third-order valence-corrected chi connectivity index (χ3v) is 3.69. The number of aliphatic hydroxyl groups excluding tert-OH is 1. The average molecular weight is 278 g/mol. The predicted molar refractivity (Wildman–Crippen MR) is 79.0 cm³/mol. The van der Waals surface area contributed by atoms with Crippen LogP contribution in [0.5, 0.6) is 0 Å². The molecule has 0 saturated heterocycles. The van der Waals surface area contributed by atoms with Crippen molar-refractivity contribution in [1.82, 2.24) is 0 Å². The van der Waals surface area contributed by atoms with Gasteiger partial charge in [-0.1, -0.05) is 13.0 Å². The summed E-state index contributed by atoms with van der Waals surface area (Å²) in [5, 5.41) is 20.9. The molecule has 1 fully saturated rings. The van der Waals surface area contributed by atoms with Gasteiger partial charge in [0.25, 0.3) is 5.69 Å². The van der Waals surface area contributed by atoms with Gasteiger partial charge in [0.05, 0.1) is 11.0 Å². The topological polar surface area (TPSA) is 66.6 Å². The van der Waals surface area contributed by atoms with Crippen molar-refractivity contribution in [3.05, 3.63) is 33.9 Å². The molecule has 0 heterocycles. The van der Waals surface area contributed by atoms with Gasteiger partial charge in [-0.25, -0.2) is 0 Å². The molecular formula is C15H22N2O3. The number of hydrogen-bond donors (Lipinski definition) is 1. The van der Waals surface area contributed by atoms with Gasteiger partial charge < -0.3 is 10.0 Å². The van der Waals surface area contributed by atoms with E-state index in [0.717, 1.165) is 19.5 Å². The van der Waals surface area contributed by atoms with Crippen LogP contribution < -0.4 is 4.90 Å². The highest BCUT2D eigenvalue weighted by Crippen LogP contribution is 2.36. The van der Waals surface area contributed by atoms with E-state index < -0.39 is 6.10 Å². The Bertz CT molecular complexity index is 484. The lowest BCUT2D eigenvalue weighted by Crippen LogP contribution is -2.27. The smallest absolute Gasteiger partial charge is 0.292 e. The molecule has 0 unspecified atom stereocenters. The quantitative estimate of drug-likeness (QED) is 0.614. The van der Waals surface area contributed by atoms with Crippen molar-refractivity contribution >= 4 is 11.4 Å². The molecule has 0 amide bonds. The second-order valence-electron chi connectivity index (χ2n) is 5.57. The van der Waals surface area contributed by atoms with Crippen LogP contribution in [0.15, 0.2) is 18.2 Å². The Balaban J connectivity index is 2.33. The predicted octanol–water partition coefficient (Wildman–Crippen LogP) is 3.27. The van der Waals surface area contributed by atoms with E-state index in [9.17, 15) is 15.2 Å². The highest BCUT2D eigenvalue weighted by Gasteiger charge is 2.27. The lowest BCUT2D eigenvalue weighted by Gasteiger charge is -2.24. The molecule has 20 heavy (non-hydrogen) atoms. The molecule has 1 N–H and O–H groups in total. The Morgan fingerprint density at radius 1 is 1.50 bits per heavy atom. The normalized spacial score (nSPS) is 15.9. The first-order valence-corrected chi connectivity index (χ1v) is 7.24. The third kappa shape index (κ3) is 3.48. The van der Waals surface area contributed by atoms with Crippen LogP contribution in [-0.4, -0.2) is 23.1 Å². The zero-order chi connectivity index (χ0) is 14.7. The number of nitro benzene ring substituents is 1. The van der Waals surface area contributed by atoms with Crippen molar-refractivity contribution in [2.45, 2.75) is 39.2 Å². The van der Waals surface area contributed by atoms with Crippen molar-refractivity contribution in [2.75, 3.05) is 18.0 Å². The van der Waals surface area contributed by atoms with Gasteiger partial charge in [0.1, 0.15) is 5.69 Å². The first kappa shape index (κ1) is 14.8. The van der Waals surface area contributed by atoms with E-state index in [2.05, 4.69) is 11.8 Å². The van der Waals surface area contributed by atoms with Crippen LogP contribution in [0, 0.1) is 16.0 Å². The van der Waals surface area contributed by atoms with Crippen molar-refractivity contribution in [3.63, 3.8) is 0 Å². The molecule has 0 spiro atoms. The zero-order valence-electron chi connectivity index (χ0n) is 12.1. The van der Waals surface area contributed by atoms with E-state index >= 15 is 0 Å². The highest BCUT2D eigenvalue weighted by atomic mass is 16.6. The number of benzene rings is 1. The van der Waals surface area contributed by atoms with Crippen LogP contribution in [0.2, 0.25) is 0 Å². The molecule has 1 saturated carbocycles. The fourth-order valence-electron chi connectivity index (χ4n) is 2.41. The van der Waals surface area contributed by atoms with Gasteiger partial charge in [-0.2, -0.15) is 0 Å². The molecule has 1 aromatic rings. The fraction of sp³-hybridized carbons (Fsp3) is 0.600. The molecule has 5 nitrogen and oxygen atoms in total. The molecule has 2 rings (SSSR count). The summed E-state index contributed by atoms with van der Waals surface area (Å²) < 4.78 is 0. The van der Waals surface area contributed by atoms with Gasteiger partial charge in [0, 0.05) is 19.2 Å². The lowest BCUT2D eigenvalue weighted by molar-refractivity contribution is -0.384. The Labute approximate surface area is 119 Å². The summed E-state index contributed by atoms with van der Waals surface area (Å²) in [7, 11) is 0. The first-order chi connectivity index (χ1) is 9.52. The molecule has 0 aromatic heterocycles. The van der Waals surface area contributed by atoms with E-state index in [1.807, 2.05) is 0 Å². The zero-order valence-corrected chi connectivity index (χ0v) is 12.1. The Kier molecular flexibility index (Phi) is 4.60. The minimum atomic E-state index is -0.689. The highest BCUT2D eigenvalue weighted by molar-refractivity contribution is 5.64. The molecule has 0 bridgehead atoms. The van der Waals surface area contributed by atoms with Crippen molar-refractivity contribution in [2.24, 2.45) is 5.92 Å². The van der Waals surface area contributed by atoms with Crippen molar-refractivity contribution in [3.8, 4) is 0 Å². The SMILES string of the molecule is CCCN(CC1CC1)c1ccc([C@H](C)O)cc1[N+](=O)[O-]. The molecule has 1 aromatic carbocycles. The summed E-state index contributed by atoms with van der Waals surface area (Å²) in [4.78, 5) is 13.1. The van der Waals surface area contributed by atoms with Gasteiger partial charge in [-0.3, -0.25) is 10.1 Å². The van der Waals surface area contributed by atoms with Gasteiger partial charge >= 0.3 is 0 Å². The van der Waals surface area contributed by atoms with Gasteiger partial charge in [-0.15, -0.1) is 0 Å². The van der Waals surface area contributed by atoms with Crippen LogP contribution in [0.25, 0.3) is 0 Å². The third-order valence-electron chi connectivity index (χ3n) is 3.69. The van der Waals surface area contributed by atoms with Gasteiger partial charge in [-0.05, 0) is 43.7 Å². The molecule has 1 aliphatic rings. The van der Waals surface area contributed by atoms with Gasteiger partial charge in [0.15, 0.2) is 0 Å².